The topological polar surface area (TPSA) is 132 Å². The first kappa shape index (κ1) is 30.2. The van der Waals surface area contributed by atoms with Gasteiger partial charge >= 0.3 is 18.0 Å². The van der Waals surface area contributed by atoms with E-state index in [0.29, 0.717) is 23.0 Å². The number of esters is 2. The van der Waals surface area contributed by atoms with Crippen LogP contribution >= 0.6 is 11.3 Å². The van der Waals surface area contributed by atoms with E-state index >= 15 is 0 Å². The van der Waals surface area contributed by atoms with Gasteiger partial charge in [-0.1, -0.05) is 42.2 Å². The first-order valence-electron chi connectivity index (χ1n) is 12.7. The molecule has 0 aliphatic heterocycles. The predicted molar refractivity (Wildman–Crippen MR) is 157 cm³/mol. The van der Waals surface area contributed by atoms with E-state index in [2.05, 4.69) is 36.9 Å². The van der Waals surface area contributed by atoms with Gasteiger partial charge in [-0.15, -0.1) is 0 Å². The molecule has 2 heterocycles. The highest BCUT2D eigenvalue weighted by atomic mass is 32.1. The van der Waals surface area contributed by atoms with Crippen molar-refractivity contribution in [2.75, 3.05) is 19.0 Å². The number of anilines is 1. The number of carbonyl (C=O) groups is 3. The number of nitrogens with one attached hydrogen (secondary N) is 2. The minimum atomic E-state index is -1.11. The maximum Gasteiger partial charge on any atom is 0.321 e. The molecule has 10 nitrogen and oxygen atoms in total. The Labute approximate surface area is 237 Å². The SMILES string of the molecule is C=C(/C=C\C=C/C)c1cc(-c2cnc(C(C)(C)OC(=O)CCC(=O)OC)nc2)cc2nc(NC(=O)NCC)sc12. The van der Waals surface area contributed by atoms with Gasteiger partial charge in [0.1, 0.15) is 0 Å². The number of urea groups is 1. The molecule has 0 radical (unpaired) electrons. The van der Waals surface area contributed by atoms with Gasteiger partial charge in [0, 0.05) is 30.1 Å². The molecule has 2 amide bonds. The minimum absolute atomic E-state index is 0.0671. The molecule has 210 valence electrons. The number of allylic oxidation sites excluding steroid dienone is 5. The molecule has 40 heavy (non-hydrogen) atoms. The van der Waals surface area contributed by atoms with Crippen molar-refractivity contribution in [3.05, 3.63) is 66.8 Å². The Hall–Kier alpha value is -4.38. The molecule has 2 N–H and O–H groups in total. The van der Waals surface area contributed by atoms with Crippen LogP contribution in [0.1, 0.15) is 51.9 Å². The Balaban J connectivity index is 1.93. The lowest BCUT2D eigenvalue weighted by Gasteiger charge is -2.23. The molecule has 0 fully saturated rings. The quantitative estimate of drug-likeness (QED) is 0.222. The van der Waals surface area contributed by atoms with Crippen LogP contribution in [0, 0.1) is 0 Å². The van der Waals surface area contributed by atoms with E-state index in [1.807, 2.05) is 50.3 Å². The molecule has 3 aromatic rings. The molecule has 1 aromatic carbocycles. The fourth-order valence-corrected chi connectivity index (χ4v) is 4.63. The molecule has 2 aromatic heterocycles. The van der Waals surface area contributed by atoms with Gasteiger partial charge in [-0.2, -0.15) is 0 Å². The smallest absolute Gasteiger partial charge is 0.321 e. The Kier molecular flexibility index (Phi) is 10.3. The average molecular weight is 564 g/mol. The molecule has 0 saturated carbocycles. The monoisotopic (exact) mass is 563 g/mol. The molecule has 11 heteroatoms. The fraction of sp³-hybridized carbons (Fsp3) is 0.310. The highest BCUT2D eigenvalue weighted by molar-refractivity contribution is 7.22. The first-order valence-corrected chi connectivity index (χ1v) is 13.5. The number of aromatic nitrogens is 3. The largest absolute Gasteiger partial charge is 0.469 e. The van der Waals surface area contributed by atoms with Crippen molar-refractivity contribution in [2.45, 2.75) is 46.1 Å². The fourth-order valence-electron chi connectivity index (χ4n) is 3.64. The summed E-state index contributed by atoms with van der Waals surface area (Å²) in [4.78, 5) is 49.2. The third-order valence-corrected chi connectivity index (χ3v) is 6.67. The Bertz CT molecular complexity index is 1460. The summed E-state index contributed by atoms with van der Waals surface area (Å²) >= 11 is 1.36. The van der Waals surface area contributed by atoms with Crippen LogP contribution in [-0.4, -0.2) is 46.6 Å². The lowest BCUT2D eigenvalue weighted by Crippen LogP contribution is -2.28. The van der Waals surface area contributed by atoms with Gasteiger partial charge in [-0.25, -0.2) is 19.7 Å². The van der Waals surface area contributed by atoms with Gasteiger partial charge in [0.2, 0.25) is 0 Å². The number of thiazole rings is 1. The standard InChI is InChI=1S/C29H33N5O5S/c1-7-9-10-11-18(3)21-14-19(15-22-25(21)40-28(33-22)34-27(37)30-8-2)20-16-31-26(32-17-20)29(4,5)39-24(36)13-12-23(35)38-6/h7,9-11,14-17H,3,8,12-13H2,1-2,4-6H3,(H2,30,33,34,37)/b9-7-,11-10-. The summed E-state index contributed by atoms with van der Waals surface area (Å²) in [5, 5.41) is 5.94. The number of carbonyl (C=O) groups excluding carboxylic acids is 3. The number of hydrogen-bond donors (Lipinski definition) is 2. The van der Waals surface area contributed by atoms with E-state index in [1.54, 1.807) is 26.2 Å². The second-order valence-electron chi connectivity index (χ2n) is 9.14. The van der Waals surface area contributed by atoms with Crippen LogP contribution in [0.4, 0.5) is 9.93 Å². The van der Waals surface area contributed by atoms with Crippen molar-refractivity contribution in [1.29, 1.82) is 0 Å². The molecule has 0 aliphatic rings. The van der Waals surface area contributed by atoms with Crippen LogP contribution in [0.25, 0.3) is 26.9 Å². The van der Waals surface area contributed by atoms with Crippen molar-refractivity contribution in [3.63, 3.8) is 0 Å². The van der Waals surface area contributed by atoms with Crippen LogP contribution in [0.3, 0.4) is 0 Å². The normalized spacial score (nSPS) is 11.6. The lowest BCUT2D eigenvalue weighted by atomic mass is 10.00. The zero-order valence-corrected chi connectivity index (χ0v) is 24.1. The molecule has 0 spiro atoms. The minimum Gasteiger partial charge on any atom is -0.469 e. The van der Waals surface area contributed by atoms with E-state index in [1.165, 1.54) is 18.4 Å². The lowest BCUT2D eigenvalue weighted by molar-refractivity contribution is -0.160. The van der Waals surface area contributed by atoms with Crippen LogP contribution in [0.15, 0.2) is 55.4 Å². The van der Waals surface area contributed by atoms with Crippen molar-refractivity contribution >= 4 is 50.2 Å². The van der Waals surface area contributed by atoms with E-state index in [0.717, 1.165) is 27.0 Å². The Morgan fingerprint density at radius 2 is 1.77 bits per heavy atom. The van der Waals surface area contributed by atoms with Gasteiger partial charge < -0.3 is 14.8 Å². The number of amides is 2. The van der Waals surface area contributed by atoms with E-state index in [4.69, 9.17) is 4.74 Å². The number of hydrogen-bond acceptors (Lipinski definition) is 9. The molecular formula is C29H33N5O5S. The van der Waals surface area contributed by atoms with Gasteiger partial charge in [0.05, 0.1) is 30.2 Å². The summed E-state index contributed by atoms with van der Waals surface area (Å²) in [6, 6.07) is 3.56. The van der Waals surface area contributed by atoms with Crippen molar-refractivity contribution < 1.29 is 23.9 Å². The predicted octanol–water partition coefficient (Wildman–Crippen LogP) is 5.77. The molecule has 0 saturated heterocycles. The number of benzene rings is 1. The van der Waals surface area contributed by atoms with E-state index < -0.39 is 17.5 Å². The zero-order chi connectivity index (χ0) is 29.3. The highest BCUT2D eigenvalue weighted by Crippen LogP contribution is 2.37. The van der Waals surface area contributed by atoms with Gasteiger partial charge in [0.15, 0.2) is 16.6 Å². The Morgan fingerprint density at radius 1 is 1.07 bits per heavy atom. The second kappa shape index (κ2) is 13.6. The van der Waals surface area contributed by atoms with E-state index in [9.17, 15) is 14.4 Å². The summed E-state index contributed by atoms with van der Waals surface area (Å²) in [5.41, 5.74) is 2.73. The summed E-state index contributed by atoms with van der Waals surface area (Å²) in [5.74, 6) is -0.730. The van der Waals surface area contributed by atoms with Crippen molar-refractivity contribution in [1.82, 2.24) is 20.3 Å². The molecule has 0 aliphatic carbocycles. The Morgan fingerprint density at radius 3 is 2.42 bits per heavy atom. The summed E-state index contributed by atoms with van der Waals surface area (Å²) < 4.78 is 11.0. The van der Waals surface area contributed by atoms with Gasteiger partial charge in [-0.3, -0.25) is 14.9 Å². The van der Waals surface area contributed by atoms with Crippen LogP contribution in [0.5, 0.6) is 0 Å². The van der Waals surface area contributed by atoms with E-state index in [-0.39, 0.29) is 18.9 Å². The number of fused-ring (bicyclic) bond motifs is 1. The summed E-state index contributed by atoms with van der Waals surface area (Å²) in [6.45, 7) is 11.9. The molecule has 0 unspecified atom stereocenters. The highest BCUT2D eigenvalue weighted by Gasteiger charge is 2.29. The third-order valence-electron chi connectivity index (χ3n) is 5.65. The number of methoxy groups -OCH3 is 1. The maximum absolute atomic E-state index is 12.2. The number of rotatable bonds is 11. The summed E-state index contributed by atoms with van der Waals surface area (Å²) in [7, 11) is 1.26. The molecule has 3 rings (SSSR count). The first-order chi connectivity index (χ1) is 19.1. The second-order valence-corrected chi connectivity index (χ2v) is 10.1. The zero-order valence-electron chi connectivity index (χ0n) is 23.2. The molecule has 0 atom stereocenters. The van der Waals surface area contributed by atoms with Crippen LogP contribution < -0.4 is 10.6 Å². The van der Waals surface area contributed by atoms with Gasteiger partial charge in [0.25, 0.3) is 0 Å². The van der Waals surface area contributed by atoms with Crippen molar-refractivity contribution in [2.24, 2.45) is 0 Å². The van der Waals surface area contributed by atoms with Gasteiger partial charge in [-0.05, 0) is 51.0 Å². The summed E-state index contributed by atoms with van der Waals surface area (Å²) in [6.07, 6.45) is 10.8. The van der Waals surface area contributed by atoms with Crippen LogP contribution in [0.2, 0.25) is 0 Å². The average Bonchev–Trinajstić information content (AvgIpc) is 3.33. The van der Waals surface area contributed by atoms with Crippen LogP contribution in [-0.2, 0) is 24.7 Å². The number of nitrogens with zero attached hydrogens (tertiary/aromatic N) is 3. The maximum atomic E-state index is 12.2. The number of ether oxygens (including phenoxy) is 2. The molecular weight excluding hydrogens is 530 g/mol. The van der Waals surface area contributed by atoms with Crippen molar-refractivity contribution in [3.8, 4) is 11.1 Å². The molecule has 0 bridgehead atoms. The third kappa shape index (κ3) is 7.82.